The standard InChI is InChI=1S/C9H12ClFN4O/c10-7-5-6(11)1-2-8(7)16-4-3-14-15-9(12)13/h1-2,5,14H,3-4H2,(H4,12,13,15). The number of guanidine groups is 1. The van der Waals surface area contributed by atoms with E-state index in [0.29, 0.717) is 18.9 Å². The number of hydrazone groups is 1. The summed E-state index contributed by atoms with van der Waals surface area (Å²) < 4.78 is 17.9. The van der Waals surface area contributed by atoms with E-state index >= 15 is 0 Å². The third-order valence-electron chi connectivity index (χ3n) is 1.57. The number of benzene rings is 1. The fraction of sp³-hybridized carbons (Fsp3) is 0.222. The van der Waals surface area contributed by atoms with E-state index in [1.807, 2.05) is 0 Å². The molecule has 0 atom stereocenters. The Morgan fingerprint density at radius 2 is 2.25 bits per heavy atom. The van der Waals surface area contributed by atoms with Gasteiger partial charge in [0.25, 0.3) is 0 Å². The van der Waals surface area contributed by atoms with Crippen LogP contribution in [-0.2, 0) is 0 Å². The van der Waals surface area contributed by atoms with Crippen LogP contribution in [0.4, 0.5) is 4.39 Å². The van der Waals surface area contributed by atoms with Crippen LogP contribution in [0.25, 0.3) is 0 Å². The summed E-state index contributed by atoms with van der Waals surface area (Å²) >= 11 is 5.74. The molecule has 5 nitrogen and oxygen atoms in total. The molecule has 1 aromatic rings. The summed E-state index contributed by atoms with van der Waals surface area (Å²) in [6.45, 7) is 0.716. The maximum absolute atomic E-state index is 12.7. The lowest BCUT2D eigenvalue weighted by Crippen LogP contribution is -2.27. The first-order valence-electron chi connectivity index (χ1n) is 4.49. The van der Waals surface area contributed by atoms with Crippen molar-refractivity contribution in [3.05, 3.63) is 29.0 Å². The molecule has 0 aliphatic rings. The highest BCUT2D eigenvalue weighted by molar-refractivity contribution is 6.32. The summed E-state index contributed by atoms with van der Waals surface area (Å²) in [4.78, 5) is 0. The van der Waals surface area contributed by atoms with E-state index in [2.05, 4.69) is 10.5 Å². The first-order chi connectivity index (χ1) is 7.59. The van der Waals surface area contributed by atoms with Gasteiger partial charge >= 0.3 is 0 Å². The summed E-state index contributed by atoms with van der Waals surface area (Å²) in [5, 5.41) is 3.77. The quantitative estimate of drug-likeness (QED) is 0.308. The maximum Gasteiger partial charge on any atom is 0.208 e. The second-order valence-corrected chi connectivity index (χ2v) is 3.28. The van der Waals surface area contributed by atoms with Crippen LogP contribution in [0.15, 0.2) is 23.3 Å². The Balaban J connectivity index is 2.35. The number of ether oxygens (including phenoxy) is 1. The van der Waals surface area contributed by atoms with E-state index in [1.165, 1.54) is 18.2 Å². The average molecular weight is 247 g/mol. The molecule has 0 aliphatic carbocycles. The van der Waals surface area contributed by atoms with Crippen molar-refractivity contribution in [2.24, 2.45) is 16.6 Å². The normalized spacial score (nSPS) is 9.62. The minimum absolute atomic E-state index is 0.0557. The molecule has 0 amide bonds. The van der Waals surface area contributed by atoms with Gasteiger partial charge < -0.3 is 21.6 Å². The molecule has 0 fully saturated rings. The van der Waals surface area contributed by atoms with Gasteiger partial charge in [0.15, 0.2) is 0 Å². The Kier molecular flexibility index (Phi) is 4.65. The van der Waals surface area contributed by atoms with Gasteiger partial charge in [0.05, 0.1) is 11.6 Å². The zero-order valence-electron chi connectivity index (χ0n) is 8.41. The second kappa shape index (κ2) is 6.02. The molecule has 0 saturated heterocycles. The van der Waals surface area contributed by atoms with Crippen molar-refractivity contribution in [3.8, 4) is 5.75 Å². The van der Waals surface area contributed by atoms with E-state index in [4.69, 9.17) is 27.8 Å². The van der Waals surface area contributed by atoms with Gasteiger partial charge in [0.1, 0.15) is 18.2 Å². The predicted molar refractivity (Wildman–Crippen MR) is 60.7 cm³/mol. The van der Waals surface area contributed by atoms with Crippen molar-refractivity contribution in [2.45, 2.75) is 0 Å². The van der Waals surface area contributed by atoms with E-state index in [1.54, 1.807) is 0 Å². The molecule has 1 aromatic carbocycles. The topological polar surface area (TPSA) is 85.7 Å². The molecule has 5 N–H and O–H groups in total. The molecular weight excluding hydrogens is 235 g/mol. The Morgan fingerprint density at radius 1 is 1.50 bits per heavy atom. The first-order valence-corrected chi connectivity index (χ1v) is 4.86. The second-order valence-electron chi connectivity index (χ2n) is 2.87. The molecule has 0 bridgehead atoms. The molecule has 0 unspecified atom stereocenters. The first kappa shape index (κ1) is 12.4. The summed E-state index contributed by atoms with van der Waals surface area (Å²) in [5.41, 5.74) is 12.8. The monoisotopic (exact) mass is 246 g/mol. The van der Waals surface area contributed by atoms with Crippen LogP contribution in [0.5, 0.6) is 5.75 Å². The molecule has 0 aliphatic heterocycles. The number of halogens is 2. The van der Waals surface area contributed by atoms with Gasteiger partial charge in [-0.2, -0.15) is 0 Å². The molecule has 0 heterocycles. The van der Waals surface area contributed by atoms with Crippen molar-refractivity contribution in [1.29, 1.82) is 0 Å². The molecule has 0 aromatic heterocycles. The molecule has 7 heteroatoms. The van der Waals surface area contributed by atoms with Crippen LogP contribution in [0, 0.1) is 5.82 Å². The Labute approximate surface area is 97.2 Å². The molecule has 1 rings (SSSR count). The van der Waals surface area contributed by atoms with E-state index in [0.717, 1.165) is 0 Å². The number of nitrogens with one attached hydrogen (secondary N) is 1. The largest absolute Gasteiger partial charge is 0.490 e. The van der Waals surface area contributed by atoms with E-state index < -0.39 is 5.82 Å². The summed E-state index contributed by atoms with van der Waals surface area (Å²) in [7, 11) is 0. The predicted octanol–water partition coefficient (Wildman–Crippen LogP) is 0.636. The SMILES string of the molecule is NC(N)=NNCCOc1ccc(F)cc1Cl. The number of hydrogen-bond donors (Lipinski definition) is 3. The Morgan fingerprint density at radius 3 is 2.88 bits per heavy atom. The van der Waals surface area contributed by atoms with Gasteiger partial charge in [-0.15, -0.1) is 5.10 Å². The van der Waals surface area contributed by atoms with Crippen molar-refractivity contribution < 1.29 is 9.13 Å². The molecule has 16 heavy (non-hydrogen) atoms. The van der Waals surface area contributed by atoms with Crippen LogP contribution < -0.4 is 21.6 Å². The van der Waals surface area contributed by atoms with E-state index in [9.17, 15) is 4.39 Å². The minimum atomic E-state index is -0.406. The highest BCUT2D eigenvalue weighted by atomic mass is 35.5. The molecule has 0 saturated carbocycles. The number of nitrogens with two attached hydrogens (primary N) is 2. The Hall–Kier alpha value is -1.69. The lowest BCUT2D eigenvalue weighted by molar-refractivity contribution is 0.315. The fourth-order valence-electron chi connectivity index (χ4n) is 0.946. The van der Waals surface area contributed by atoms with Crippen LogP contribution >= 0.6 is 11.6 Å². The van der Waals surface area contributed by atoms with Crippen molar-refractivity contribution in [2.75, 3.05) is 13.2 Å². The Bertz CT molecular complexity index is 382. The highest BCUT2D eigenvalue weighted by Crippen LogP contribution is 2.24. The lowest BCUT2D eigenvalue weighted by atomic mass is 10.3. The molecule has 0 radical (unpaired) electrons. The maximum atomic E-state index is 12.7. The number of nitrogens with zero attached hydrogens (tertiary/aromatic N) is 1. The third kappa shape index (κ3) is 4.22. The zero-order valence-corrected chi connectivity index (χ0v) is 9.17. The van der Waals surface area contributed by atoms with Gasteiger partial charge in [-0.05, 0) is 18.2 Å². The van der Waals surface area contributed by atoms with Crippen LogP contribution in [0.3, 0.4) is 0 Å². The van der Waals surface area contributed by atoms with Crippen LogP contribution in [0.2, 0.25) is 5.02 Å². The lowest BCUT2D eigenvalue weighted by Gasteiger charge is -2.07. The highest BCUT2D eigenvalue weighted by Gasteiger charge is 2.02. The average Bonchev–Trinajstić information content (AvgIpc) is 2.20. The van der Waals surface area contributed by atoms with Gasteiger partial charge in [-0.3, -0.25) is 0 Å². The van der Waals surface area contributed by atoms with E-state index in [-0.39, 0.29) is 11.0 Å². The zero-order chi connectivity index (χ0) is 12.0. The van der Waals surface area contributed by atoms with Gasteiger partial charge in [0.2, 0.25) is 5.96 Å². The van der Waals surface area contributed by atoms with Crippen LogP contribution in [0.1, 0.15) is 0 Å². The minimum Gasteiger partial charge on any atom is -0.490 e. The number of rotatable bonds is 5. The smallest absolute Gasteiger partial charge is 0.208 e. The van der Waals surface area contributed by atoms with Gasteiger partial charge in [-0.1, -0.05) is 11.6 Å². The summed E-state index contributed by atoms with van der Waals surface area (Å²) in [6, 6.07) is 3.91. The van der Waals surface area contributed by atoms with Gasteiger partial charge in [0, 0.05) is 0 Å². The fourth-order valence-corrected chi connectivity index (χ4v) is 1.17. The molecular formula is C9H12ClFN4O. The van der Waals surface area contributed by atoms with Gasteiger partial charge in [-0.25, -0.2) is 4.39 Å². The molecule has 88 valence electrons. The summed E-state index contributed by atoms with van der Waals surface area (Å²) in [5.74, 6) is -0.0506. The van der Waals surface area contributed by atoms with Crippen molar-refractivity contribution >= 4 is 17.6 Å². The molecule has 0 spiro atoms. The number of hydrogen-bond acceptors (Lipinski definition) is 3. The van der Waals surface area contributed by atoms with Crippen LogP contribution in [-0.4, -0.2) is 19.1 Å². The summed E-state index contributed by atoms with van der Waals surface area (Å²) in [6.07, 6.45) is 0. The third-order valence-corrected chi connectivity index (χ3v) is 1.87. The van der Waals surface area contributed by atoms with Crippen molar-refractivity contribution in [1.82, 2.24) is 5.43 Å². The van der Waals surface area contributed by atoms with Crippen molar-refractivity contribution in [3.63, 3.8) is 0 Å².